The highest BCUT2D eigenvalue weighted by atomic mass is 16.4. The molecule has 0 heterocycles. The number of carbonyl (C=O) groups excluding carboxylic acids is 1. The van der Waals surface area contributed by atoms with Crippen molar-refractivity contribution in [1.82, 2.24) is 5.32 Å². The van der Waals surface area contributed by atoms with E-state index in [1.807, 2.05) is 60.7 Å². The number of hydrogen-bond acceptors (Lipinski definition) is 3. The van der Waals surface area contributed by atoms with Crippen molar-refractivity contribution in [2.45, 2.75) is 45.6 Å². The molecule has 0 radical (unpaired) electrons. The monoisotopic (exact) mass is 473 g/mol. The lowest BCUT2D eigenvalue weighted by atomic mass is 9.98. The Morgan fingerprint density at radius 1 is 0.914 bits per heavy atom. The number of amides is 2. The van der Waals surface area contributed by atoms with E-state index < -0.39 is 5.97 Å². The van der Waals surface area contributed by atoms with E-state index in [1.54, 1.807) is 11.9 Å². The van der Waals surface area contributed by atoms with E-state index in [0.29, 0.717) is 19.5 Å². The summed E-state index contributed by atoms with van der Waals surface area (Å²) in [6, 6.07) is 23.9. The Morgan fingerprint density at radius 2 is 1.71 bits per heavy atom. The molecule has 35 heavy (non-hydrogen) atoms. The maximum absolute atomic E-state index is 12.6. The number of unbranched alkanes of at least 4 members (excludes halogenated alkanes) is 2. The summed E-state index contributed by atoms with van der Waals surface area (Å²) in [6.07, 6.45) is 3.74. The first kappa shape index (κ1) is 25.8. The molecule has 0 fully saturated rings. The normalized spacial score (nSPS) is 10.6. The molecular weight excluding hydrogens is 438 g/mol. The van der Waals surface area contributed by atoms with Crippen LogP contribution in [0.3, 0.4) is 0 Å². The molecule has 0 aliphatic carbocycles. The lowest BCUT2D eigenvalue weighted by Gasteiger charge is -2.20. The molecule has 0 saturated carbocycles. The van der Waals surface area contributed by atoms with Gasteiger partial charge in [-0.1, -0.05) is 74.4 Å². The van der Waals surface area contributed by atoms with Gasteiger partial charge in [0.25, 0.3) is 0 Å². The average Bonchev–Trinajstić information content (AvgIpc) is 2.89. The van der Waals surface area contributed by atoms with Crippen LogP contribution in [-0.2, 0) is 17.8 Å². The minimum atomic E-state index is -0.809. The lowest BCUT2D eigenvalue weighted by molar-refractivity contribution is -0.136. The van der Waals surface area contributed by atoms with Crippen molar-refractivity contribution in [3.63, 3.8) is 0 Å². The van der Waals surface area contributed by atoms with Crippen molar-refractivity contribution in [2.75, 3.05) is 23.8 Å². The molecule has 0 unspecified atom stereocenters. The number of hydrogen-bond donors (Lipinski definition) is 3. The van der Waals surface area contributed by atoms with Gasteiger partial charge in [0.1, 0.15) is 0 Å². The van der Waals surface area contributed by atoms with Crippen LogP contribution in [0.25, 0.3) is 11.1 Å². The Kier molecular flexibility index (Phi) is 9.72. The van der Waals surface area contributed by atoms with Gasteiger partial charge in [-0.25, -0.2) is 4.79 Å². The number of carboxylic acids is 1. The summed E-state index contributed by atoms with van der Waals surface area (Å²) in [6.45, 7) is 3.46. The predicted molar refractivity (Wildman–Crippen MR) is 143 cm³/mol. The van der Waals surface area contributed by atoms with Gasteiger partial charge in [-0.15, -0.1) is 0 Å². The number of carbonyl (C=O) groups is 2. The van der Waals surface area contributed by atoms with Crippen molar-refractivity contribution in [2.24, 2.45) is 0 Å². The van der Waals surface area contributed by atoms with Gasteiger partial charge in [-0.3, -0.25) is 9.69 Å². The molecule has 3 N–H and O–H groups in total. The Labute approximate surface area is 208 Å². The molecule has 0 saturated heterocycles. The SMILES string of the molecule is CCCCCNC(=O)N(C)c1cccc(-c2ccc(CCC(=O)O)cc2NCc2ccccc2)c1. The van der Waals surface area contributed by atoms with E-state index in [9.17, 15) is 9.59 Å². The van der Waals surface area contributed by atoms with Crippen LogP contribution < -0.4 is 15.5 Å². The highest BCUT2D eigenvalue weighted by Crippen LogP contribution is 2.32. The second kappa shape index (κ2) is 13.2. The molecule has 0 atom stereocenters. The summed E-state index contributed by atoms with van der Waals surface area (Å²) in [5.74, 6) is -0.809. The summed E-state index contributed by atoms with van der Waals surface area (Å²) in [5, 5.41) is 15.6. The smallest absolute Gasteiger partial charge is 0.321 e. The van der Waals surface area contributed by atoms with Crippen LogP contribution in [0.4, 0.5) is 16.2 Å². The van der Waals surface area contributed by atoms with Crippen molar-refractivity contribution >= 4 is 23.4 Å². The van der Waals surface area contributed by atoms with Crippen LogP contribution in [0.5, 0.6) is 0 Å². The number of aliphatic carboxylic acids is 1. The average molecular weight is 474 g/mol. The molecule has 0 aliphatic rings. The quantitative estimate of drug-likeness (QED) is 0.269. The van der Waals surface area contributed by atoms with Gasteiger partial charge >= 0.3 is 12.0 Å². The van der Waals surface area contributed by atoms with Crippen molar-refractivity contribution < 1.29 is 14.7 Å². The number of rotatable bonds is 12. The number of aryl methyl sites for hydroxylation is 1. The Morgan fingerprint density at radius 3 is 2.46 bits per heavy atom. The van der Waals surface area contributed by atoms with E-state index in [1.165, 1.54) is 0 Å². The molecule has 0 aliphatic heterocycles. The molecule has 6 nitrogen and oxygen atoms in total. The molecule has 0 spiro atoms. The molecular formula is C29H35N3O3. The first-order valence-corrected chi connectivity index (χ1v) is 12.2. The van der Waals surface area contributed by atoms with Gasteiger partial charge in [0.15, 0.2) is 0 Å². The lowest BCUT2D eigenvalue weighted by Crippen LogP contribution is -2.37. The van der Waals surface area contributed by atoms with Crippen LogP contribution >= 0.6 is 0 Å². The maximum atomic E-state index is 12.6. The fourth-order valence-corrected chi connectivity index (χ4v) is 3.88. The second-order valence-corrected chi connectivity index (χ2v) is 8.66. The van der Waals surface area contributed by atoms with Crippen molar-refractivity contribution in [3.05, 3.63) is 83.9 Å². The number of nitrogens with zero attached hydrogens (tertiary/aromatic N) is 1. The molecule has 3 aromatic rings. The standard InChI is InChI=1S/C29H35N3O3/c1-3-4-8-18-30-29(35)32(2)25-13-9-12-24(20-25)26-16-14-22(15-17-28(33)34)19-27(26)31-21-23-10-6-5-7-11-23/h5-7,9-14,16,19-20,31H,3-4,8,15,17-18,21H2,1-2H3,(H,30,35)(H,33,34). The molecule has 0 aromatic heterocycles. The topological polar surface area (TPSA) is 81.7 Å². The summed E-state index contributed by atoms with van der Waals surface area (Å²) in [4.78, 5) is 25.3. The van der Waals surface area contributed by atoms with Gasteiger partial charge in [0.05, 0.1) is 0 Å². The van der Waals surface area contributed by atoms with E-state index in [4.69, 9.17) is 5.11 Å². The van der Waals surface area contributed by atoms with E-state index in [0.717, 1.165) is 52.9 Å². The first-order valence-electron chi connectivity index (χ1n) is 12.2. The zero-order chi connectivity index (χ0) is 25.0. The van der Waals surface area contributed by atoms with E-state index >= 15 is 0 Å². The van der Waals surface area contributed by atoms with Crippen molar-refractivity contribution in [3.8, 4) is 11.1 Å². The van der Waals surface area contributed by atoms with E-state index in [2.05, 4.69) is 29.7 Å². The Bertz CT molecular complexity index is 1120. The third-order valence-electron chi connectivity index (χ3n) is 5.94. The zero-order valence-corrected chi connectivity index (χ0v) is 20.6. The van der Waals surface area contributed by atoms with Crippen LogP contribution in [0.2, 0.25) is 0 Å². The summed E-state index contributed by atoms with van der Waals surface area (Å²) in [5.41, 5.74) is 5.83. The number of benzene rings is 3. The minimum Gasteiger partial charge on any atom is -0.481 e. The predicted octanol–water partition coefficient (Wildman–Crippen LogP) is 6.32. The number of urea groups is 1. The van der Waals surface area contributed by atoms with Crippen molar-refractivity contribution in [1.29, 1.82) is 0 Å². The Hall–Kier alpha value is -3.80. The van der Waals surface area contributed by atoms with Gasteiger partial charge in [0.2, 0.25) is 0 Å². The molecule has 0 bridgehead atoms. The van der Waals surface area contributed by atoms with Gasteiger partial charge in [-0.2, -0.15) is 0 Å². The molecule has 3 rings (SSSR count). The molecule has 6 heteroatoms. The highest BCUT2D eigenvalue weighted by Gasteiger charge is 2.13. The highest BCUT2D eigenvalue weighted by molar-refractivity contribution is 5.92. The molecule has 2 amide bonds. The van der Waals surface area contributed by atoms with Crippen LogP contribution in [0.15, 0.2) is 72.8 Å². The van der Waals surface area contributed by atoms with Gasteiger partial charge in [0, 0.05) is 43.5 Å². The Balaban J connectivity index is 1.83. The molecule has 184 valence electrons. The number of nitrogens with one attached hydrogen (secondary N) is 2. The second-order valence-electron chi connectivity index (χ2n) is 8.66. The fraction of sp³-hybridized carbons (Fsp3) is 0.310. The third-order valence-corrected chi connectivity index (χ3v) is 5.94. The number of carboxylic acid groups (broad SMARTS) is 1. The minimum absolute atomic E-state index is 0.0884. The summed E-state index contributed by atoms with van der Waals surface area (Å²) >= 11 is 0. The van der Waals surface area contributed by atoms with Gasteiger partial charge < -0.3 is 15.7 Å². The third kappa shape index (κ3) is 7.88. The zero-order valence-electron chi connectivity index (χ0n) is 20.6. The summed E-state index contributed by atoms with van der Waals surface area (Å²) in [7, 11) is 1.78. The largest absolute Gasteiger partial charge is 0.481 e. The van der Waals surface area contributed by atoms with Crippen LogP contribution in [0.1, 0.15) is 43.7 Å². The summed E-state index contributed by atoms with van der Waals surface area (Å²) < 4.78 is 0. The maximum Gasteiger partial charge on any atom is 0.321 e. The van der Waals surface area contributed by atoms with Crippen LogP contribution in [0, 0.1) is 0 Å². The number of anilines is 2. The van der Waals surface area contributed by atoms with Crippen LogP contribution in [-0.4, -0.2) is 30.7 Å². The fourth-order valence-electron chi connectivity index (χ4n) is 3.88. The van der Waals surface area contributed by atoms with Gasteiger partial charge in [-0.05, 0) is 47.7 Å². The first-order chi connectivity index (χ1) is 17.0. The molecule has 3 aromatic carbocycles. The van der Waals surface area contributed by atoms with E-state index in [-0.39, 0.29) is 12.5 Å².